The Bertz CT molecular complexity index is 294. The summed E-state index contributed by atoms with van der Waals surface area (Å²) in [5.74, 6) is 0.349. The molecule has 15 heavy (non-hydrogen) atoms. The summed E-state index contributed by atoms with van der Waals surface area (Å²) in [6.45, 7) is 1.27. The van der Waals surface area contributed by atoms with Gasteiger partial charge >= 0.3 is 0 Å². The van der Waals surface area contributed by atoms with E-state index in [0.717, 1.165) is 0 Å². The highest BCUT2D eigenvalue weighted by atomic mass is 16.5. The van der Waals surface area contributed by atoms with Crippen molar-refractivity contribution in [3.05, 3.63) is 0 Å². The van der Waals surface area contributed by atoms with Gasteiger partial charge in [-0.1, -0.05) is 24.4 Å². The molecule has 84 valence electrons. The first-order chi connectivity index (χ1) is 7.36. The quantitative estimate of drug-likeness (QED) is 0.789. The van der Waals surface area contributed by atoms with Crippen LogP contribution >= 0.6 is 0 Å². The van der Waals surface area contributed by atoms with Crippen LogP contribution in [0.1, 0.15) is 32.1 Å². The number of nitrogen functional groups attached to an aromatic ring is 1. The van der Waals surface area contributed by atoms with E-state index in [1.54, 1.807) is 4.68 Å². The normalized spacial score (nSPS) is 18.1. The average Bonchev–Trinajstić information content (AvgIpc) is 2.66. The maximum atomic E-state index is 5.74. The van der Waals surface area contributed by atoms with Gasteiger partial charge in [-0.2, -0.15) is 0 Å². The largest absolute Gasteiger partial charge is 0.376 e. The monoisotopic (exact) mass is 211 g/mol. The van der Waals surface area contributed by atoms with E-state index in [1.807, 2.05) is 0 Å². The fourth-order valence-electron chi connectivity index (χ4n) is 1.91. The summed E-state index contributed by atoms with van der Waals surface area (Å²) in [4.78, 5) is 0. The number of tetrazole rings is 1. The molecule has 1 aromatic heterocycles. The van der Waals surface area contributed by atoms with Crippen LogP contribution in [0, 0.1) is 0 Å². The van der Waals surface area contributed by atoms with Crippen LogP contribution in [-0.4, -0.2) is 32.9 Å². The molecule has 1 heterocycles. The third kappa shape index (κ3) is 2.89. The molecule has 0 saturated heterocycles. The molecule has 0 bridgehead atoms. The summed E-state index contributed by atoms with van der Waals surface area (Å²) in [6.07, 6.45) is 6.72. The van der Waals surface area contributed by atoms with Crippen molar-refractivity contribution in [1.29, 1.82) is 0 Å². The number of nitrogens with zero attached hydrogens (tertiary/aromatic N) is 4. The summed E-state index contributed by atoms with van der Waals surface area (Å²) in [5, 5.41) is 10.8. The minimum atomic E-state index is 0.349. The summed E-state index contributed by atoms with van der Waals surface area (Å²) in [6, 6.07) is 0. The van der Waals surface area contributed by atoms with E-state index in [2.05, 4.69) is 15.5 Å². The van der Waals surface area contributed by atoms with Crippen molar-refractivity contribution in [3.63, 3.8) is 0 Å². The summed E-state index contributed by atoms with van der Waals surface area (Å²) >= 11 is 0. The van der Waals surface area contributed by atoms with Gasteiger partial charge in [0.05, 0.1) is 19.3 Å². The van der Waals surface area contributed by atoms with Gasteiger partial charge in [0.2, 0.25) is 5.95 Å². The molecule has 6 nitrogen and oxygen atoms in total. The lowest BCUT2D eigenvalue weighted by atomic mass is 9.98. The van der Waals surface area contributed by atoms with E-state index in [-0.39, 0.29) is 0 Å². The molecule has 0 aliphatic heterocycles. The highest BCUT2D eigenvalue weighted by Gasteiger charge is 2.13. The van der Waals surface area contributed by atoms with E-state index in [1.165, 1.54) is 32.1 Å². The van der Waals surface area contributed by atoms with Crippen molar-refractivity contribution in [3.8, 4) is 0 Å². The number of anilines is 1. The molecule has 0 amide bonds. The fourth-order valence-corrected chi connectivity index (χ4v) is 1.91. The number of rotatable bonds is 4. The Morgan fingerprint density at radius 3 is 2.80 bits per heavy atom. The molecule has 0 unspecified atom stereocenters. The Kier molecular flexibility index (Phi) is 3.49. The molecule has 0 atom stereocenters. The standard InChI is InChI=1S/C9H17N5O/c10-9-11-12-13-14(9)6-7-15-8-4-2-1-3-5-8/h8H,1-7H2,(H2,10,11,13). The van der Waals surface area contributed by atoms with Crippen molar-refractivity contribution in [1.82, 2.24) is 20.2 Å². The second kappa shape index (κ2) is 5.06. The first-order valence-corrected chi connectivity index (χ1v) is 5.49. The predicted octanol–water partition coefficient (Wildman–Crippen LogP) is 0.605. The second-order valence-electron chi connectivity index (χ2n) is 3.89. The molecule has 2 rings (SSSR count). The number of hydrogen-bond donors (Lipinski definition) is 1. The Balaban J connectivity index is 1.68. The van der Waals surface area contributed by atoms with E-state index in [0.29, 0.717) is 25.2 Å². The first-order valence-electron chi connectivity index (χ1n) is 5.49. The highest BCUT2D eigenvalue weighted by molar-refractivity contribution is 5.09. The minimum absolute atomic E-state index is 0.349. The van der Waals surface area contributed by atoms with Crippen molar-refractivity contribution in [2.45, 2.75) is 44.8 Å². The van der Waals surface area contributed by atoms with Crippen LogP contribution in [0.3, 0.4) is 0 Å². The highest BCUT2D eigenvalue weighted by Crippen LogP contribution is 2.20. The molecule has 0 aromatic carbocycles. The molecular weight excluding hydrogens is 194 g/mol. The maximum Gasteiger partial charge on any atom is 0.240 e. The molecular formula is C9H17N5O. The van der Waals surface area contributed by atoms with E-state index < -0.39 is 0 Å². The lowest BCUT2D eigenvalue weighted by molar-refractivity contribution is 0.0229. The molecule has 2 N–H and O–H groups in total. The van der Waals surface area contributed by atoms with Gasteiger partial charge in [0.1, 0.15) is 0 Å². The van der Waals surface area contributed by atoms with Gasteiger partial charge < -0.3 is 10.5 Å². The van der Waals surface area contributed by atoms with Crippen LogP contribution in [-0.2, 0) is 11.3 Å². The van der Waals surface area contributed by atoms with Gasteiger partial charge in [-0.15, -0.1) is 0 Å². The Hall–Kier alpha value is -1.17. The molecule has 0 spiro atoms. The molecule has 1 fully saturated rings. The number of aromatic nitrogens is 4. The van der Waals surface area contributed by atoms with Crippen LogP contribution in [0.25, 0.3) is 0 Å². The van der Waals surface area contributed by atoms with Crippen LogP contribution < -0.4 is 5.73 Å². The van der Waals surface area contributed by atoms with E-state index >= 15 is 0 Å². The van der Waals surface area contributed by atoms with Gasteiger partial charge in [0, 0.05) is 0 Å². The Morgan fingerprint density at radius 2 is 2.13 bits per heavy atom. The van der Waals surface area contributed by atoms with Crippen molar-refractivity contribution in [2.24, 2.45) is 0 Å². The zero-order chi connectivity index (χ0) is 10.5. The van der Waals surface area contributed by atoms with Gasteiger partial charge in [-0.3, -0.25) is 0 Å². The van der Waals surface area contributed by atoms with E-state index in [4.69, 9.17) is 10.5 Å². The molecule has 6 heteroatoms. The average molecular weight is 211 g/mol. The maximum absolute atomic E-state index is 5.74. The van der Waals surface area contributed by atoms with Gasteiger partial charge in [-0.25, -0.2) is 4.68 Å². The van der Waals surface area contributed by atoms with Crippen LogP contribution in [0.5, 0.6) is 0 Å². The summed E-state index contributed by atoms with van der Waals surface area (Å²) in [5.41, 5.74) is 5.53. The van der Waals surface area contributed by atoms with Crippen molar-refractivity contribution in [2.75, 3.05) is 12.3 Å². The van der Waals surface area contributed by atoms with E-state index in [9.17, 15) is 0 Å². The topological polar surface area (TPSA) is 78.9 Å². The SMILES string of the molecule is Nc1nnnn1CCOC1CCCCC1. The molecule has 1 aliphatic rings. The Labute approximate surface area is 88.8 Å². The van der Waals surface area contributed by atoms with Crippen LogP contribution in [0.4, 0.5) is 5.95 Å². The summed E-state index contributed by atoms with van der Waals surface area (Å²) < 4.78 is 7.30. The second-order valence-corrected chi connectivity index (χ2v) is 3.89. The van der Waals surface area contributed by atoms with Crippen molar-refractivity contribution < 1.29 is 4.74 Å². The zero-order valence-electron chi connectivity index (χ0n) is 8.80. The Morgan fingerprint density at radius 1 is 1.33 bits per heavy atom. The molecule has 1 aromatic rings. The zero-order valence-corrected chi connectivity index (χ0v) is 8.80. The van der Waals surface area contributed by atoms with Gasteiger partial charge in [0.25, 0.3) is 0 Å². The van der Waals surface area contributed by atoms with Crippen LogP contribution in [0.2, 0.25) is 0 Å². The predicted molar refractivity (Wildman–Crippen MR) is 55.1 cm³/mol. The first kappa shape index (κ1) is 10.4. The minimum Gasteiger partial charge on any atom is -0.376 e. The fraction of sp³-hybridized carbons (Fsp3) is 0.889. The third-order valence-electron chi connectivity index (χ3n) is 2.77. The van der Waals surface area contributed by atoms with Gasteiger partial charge in [0.15, 0.2) is 0 Å². The smallest absolute Gasteiger partial charge is 0.240 e. The lowest BCUT2D eigenvalue weighted by Crippen LogP contribution is -2.20. The summed E-state index contributed by atoms with van der Waals surface area (Å²) in [7, 11) is 0. The number of hydrogen-bond acceptors (Lipinski definition) is 5. The molecule has 1 saturated carbocycles. The number of nitrogens with two attached hydrogens (primary N) is 1. The molecule has 1 aliphatic carbocycles. The van der Waals surface area contributed by atoms with Crippen molar-refractivity contribution >= 4 is 5.95 Å². The van der Waals surface area contributed by atoms with Gasteiger partial charge in [-0.05, 0) is 23.3 Å². The third-order valence-corrected chi connectivity index (χ3v) is 2.77. The number of ether oxygens (including phenoxy) is 1. The van der Waals surface area contributed by atoms with Crippen LogP contribution in [0.15, 0.2) is 0 Å². The molecule has 0 radical (unpaired) electrons. The lowest BCUT2D eigenvalue weighted by Gasteiger charge is -2.21.